The zero-order valence-electron chi connectivity index (χ0n) is 26.3. The van der Waals surface area contributed by atoms with E-state index in [1.165, 1.54) is 30.7 Å². The Balaban J connectivity index is 0.000000242. The summed E-state index contributed by atoms with van der Waals surface area (Å²) in [7, 11) is -2.14. The van der Waals surface area contributed by atoms with Crippen molar-refractivity contribution in [3.8, 4) is 0 Å². The van der Waals surface area contributed by atoms with Crippen molar-refractivity contribution >= 4 is 83.9 Å². The van der Waals surface area contributed by atoms with Crippen molar-refractivity contribution in [2.24, 2.45) is 0 Å². The molecule has 0 fully saturated rings. The van der Waals surface area contributed by atoms with Gasteiger partial charge in [0.25, 0.3) is 19.1 Å². The second-order valence-electron chi connectivity index (χ2n) is 10.6. The first-order chi connectivity index (χ1) is 21.4. The number of aromatic amines is 1. The molecule has 0 aliphatic heterocycles. The van der Waals surface area contributed by atoms with Gasteiger partial charge in [-0.1, -0.05) is 56.2 Å². The Morgan fingerprint density at radius 2 is 1.19 bits per heavy atom. The molecule has 17 heteroatoms. The first-order valence-electron chi connectivity index (χ1n) is 13.3. The van der Waals surface area contributed by atoms with Gasteiger partial charge in [-0.15, -0.1) is 5.60 Å². The first-order valence-corrected chi connectivity index (χ1v) is 18.7. The molecule has 2 aromatic carbocycles. The van der Waals surface area contributed by atoms with Crippen molar-refractivity contribution < 1.29 is 73.3 Å². The maximum Gasteiger partial charge on any atom is 1.00 e. The molecule has 6 rings (SSSR count). The van der Waals surface area contributed by atoms with Crippen LogP contribution in [0, 0.1) is 13.8 Å². The molecule has 0 atom stereocenters. The van der Waals surface area contributed by atoms with E-state index in [0.29, 0.717) is 15.6 Å². The van der Waals surface area contributed by atoms with Crippen LogP contribution in [0.15, 0.2) is 104 Å². The number of benzene rings is 2. The van der Waals surface area contributed by atoms with Gasteiger partial charge >= 0.3 is 51.4 Å². The molecular weight excluding hydrogens is 823 g/mol. The van der Waals surface area contributed by atoms with Crippen LogP contribution in [0.3, 0.4) is 0 Å². The van der Waals surface area contributed by atoms with Gasteiger partial charge in [-0.2, -0.15) is 0 Å². The molecule has 0 radical (unpaired) electrons. The van der Waals surface area contributed by atoms with Crippen molar-refractivity contribution in [1.82, 2.24) is 28.9 Å². The fraction of sp³-hybridized carbons (Fsp3) is 0.200. The molecule has 0 spiro atoms. The molecule has 1 N–H and O–H groups in total. The molecule has 0 aliphatic rings. The smallest absolute Gasteiger partial charge is 0.850 e. The van der Waals surface area contributed by atoms with Crippen LogP contribution in [0.1, 0.15) is 31.9 Å². The third-order valence-electron chi connectivity index (χ3n) is 5.48. The minimum absolute atomic E-state index is 0. The first kappa shape index (κ1) is 41.6. The van der Waals surface area contributed by atoms with Crippen LogP contribution in [0.25, 0.3) is 22.3 Å². The molecule has 0 unspecified atom stereocenters. The zero-order valence-corrected chi connectivity index (χ0v) is 35.0. The summed E-state index contributed by atoms with van der Waals surface area (Å²) in [5, 5.41) is 10.1. The maximum absolute atomic E-state index is 12.6. The number of rotatable bonds is 3. The van der Waals surface area contributed by atoms with Crippen molar-refractivity contribution in [2.45, 2.75) is 50.0 Å². The van der Waals surface area contributed by atoms with Gasteiger partial charge in [0, 0.05) is 47.9 Å². The summed E-state index contributed by atoms with van der Waals surface area (Å²) in [6.07, 6.45) is 9.61. The van der Waals surface area contributed by atoms with E-state index >= 15 is 0 Å². The minimum atomic E-state index is -3.68. The molecular formula is C30H30Br2ClKN6O5S2. The summed E-state index contributed by atoms with van der Waals surface area (Å²) < 4.78 is 49.4. The summed E-state index contributed by atoms with van der Waals surface area (Å²) in [5.74, 6) is 0. The van der Waals surface area contributed by atoms with E-state index in [2.05, 4.69) is 56.8 Å². The van der Waals surface area contributed by atoms with Crippen molar-refractivity contribution in [3.05, 3.63) is 106 Å². The number of fused-ring (bicyclic) bond motifs is 2. The fourth-order valence-corrected chi connectivity index (χ4v) is 6.52. The second kappa shape index (κ2) is 17.9. The largest absolute Gasteiger partial charge is 1.00 e. The maximum atomic E-state index is 12.6. The quantitative estimate of drug-likeness (QED) is 0.207. The predicted octanol–water partition coefficient (Wildman–Crippen LogP) is 3.53. The number of halogens is 3. The van der Waals surface area contributed by atoms with Gasteiger partial charge in [0.15, 0.2) is 11.3 Å². The summed E-state index contributed by atoms with van der Waals surface area (Å²) in [6, 6.07) is 13.1. The van der Waals surface area contributed by atoms with E-state index in [4.69, 9.17) is 10.7 Å². The van der Waals surface area contributed by atoms with Crippen LogP contribution in [-0.2, 0) is 19.1 Å². The standard InChI is InChI=1S/C13H10BrN3O2S.C7H7ClO2S.C6H4BrN3.C4H9O.K/c1-9-2-4-10(5-3-9)20(18,19)17-8-11(14)12-13(17)16-7-6-15-12;1-6-2-4-7(5-3-6)11(8,9)10;7-4-3-10-6-5(4)8-1-2-9-6;1-4(2,3)5;/h2-8H,1H3;2-5H,1H3;1-3H,(H,9,10);1-3H3;/q;;;-1;+1. The summed E-state index contributed by atoms with van der Waals surface area (Å²) >= 11 is 6.64. The number of hydrogen-bond acceptors (Lipinski definition) is 9. The van der Waals surface area contributed by atoms with E-state index in [-0.39, 0.29) is 61.2 Å². The van der Waals surface area contributed by atoms with E-state index < -0.39 is 24.7 Å². The third kappa shape index (κ3) is 12.7. The van der Waals surface area contributed by atoms with E-state index in [0.717, 1.165) is 30.7 Å². The molecule has 6 aromatic rings. The summed E-state index contributed by atoms with van der Waals surface area (Å²) in [6.45, 7) is 8.68. The van der Waals surface area contributed by atoms with Crippen LogP contribution < -0.4 is 56.5 Å². The average molecular weight is 853 g/mol. The van der Waals surface area contributed by atoms with Crippen LogP contribution in [-0.4, -0.2) is 51.3 Å². The molecule has 0 amide bonds. The molecule has 0 saturated carbocycles. The van der Waals surface area contributed by atoms with Gasteiger partial charge in [-0.3, -0.25) is 9.97 Å². The molecule has 244 valence electrons. The Bertz CT molecular complexity index is 2130. The zero-order chi connectivity index (χ0) is 34.3. The molecule has 47 heavy (non-hydrogen) atoms. The minimum Gasteiger partial charge on any atom is -0.850 e. The van der Waals surface area contributed by atoms with Crippen LogP contribution >= 0.6 is 42.5 Å². The number of nitrogens with one attached hydrogen (secondary N) is 1. The fourth-order valence-electron chi connectivity index (χ4n) is 3.41. The second-order valence-corrected chi connectivity index (χ2v) is 16.7. The van der Waals surface area contributed by atoms with Gasteiger partial charge < -0.3 is 10.1 Å². The number of hydrogen-bond donors (Lipinski definition) is 1. The Labute approximate surface area is 337 Å². The normalized spacial score (nSPS) is 11.3. The molecule has 11 nitrogen and oxygen atoms in total. The number of nitrogens with zero attached hydrogens (tertiary/aromatic N) is 5. The molecule has 0 saturated heterocycles. The van der Waals surface area contributed by atoms with Gasteiger partial charge in [0.2, 0.25) is 0 Å². The summed E-state index contributed by atoms with van der Waals surface area (Å²) in [5.41, 5.74) is 3.77. The molecule has 0 bridgehead atoms. The van der Waals surface area contributed by atoms with E-state index in [1.807, 2.05) is 20.0 Å². The third-order valence-corrected chi connectivity index (χ3v) is 9.70. The molecule has 4 heterocycles. The van der Waals surface area contributed by atoms with Gasteiger partial charge in [0.1, 0.15) is 11.0 Å². The van der Waals surface area contributed by atoms with Crippen LogP contribution in [0.4, 0.5) is 0 Å². The molecule has 0 aliphatic carbocycles. The van der Waals surface area contributed by atoms with E-state index in [1.54, 1.807) is 69.6 Å². The predicted molar refractivity (Wildman–Crippen MR) is 185 cm³/mol. The topological polar surface area (TPSA) is 164 Å². The van der Waals surface area contributed by atoms with Crippen LogP contribution in [0.5, 0.6) is 0 Å². The summed E-state index contributed by atoms with van der Waals surface area (Å²) in [4.78, 5) is 19.7. The van der Waals surface area contributed by atoms with Gasteiger partial charge in [-0.25, -0.2) is 30.8 Å². The Kier molecular flexibility index (Phi) is 15.8. The average Bonchev–Trinajstić information content (AvgIpc) is 3.53. The monoisotopic (exact) mass is 850 g/mol. The Morgan fingerprint density at radius 1 is 0.745 bits per heavy atom. The van der Waals surface area contributed by atoms with Gasteiger partial charge in [0.05, 0.1) is 18.7 Å². The van der Waals surface area contributed by atoms with Crippen molar-refractivity contribution in [2.75, 3.05) is 0 Å². The number of aryl methyl sites for hydroxylation is 2. The van der Waals surface area contributed by atoms with Crippen LogP contribution in [0.2, 0.25) is 0 Å². The number of aromatic nitrogens is 6. The molecule has 4 aromatic heterocycles. The van der Waals surface area contributed by atoms with Crippen molar-refractivity contribution in [1.29, 1.82) is 0 Å². The van der Waals surface area contributed by atoms with Crippen molar-refractivity contribution in [3.63, 3.8) is 0 Å². The van der Waals surface area contributed by atoms with E-state index in [9.17, 15) is 21.9 Å². The Hall–Kier alpha value is -1.57. The van der Waals surface area contributed by atoms with Gasteiger partial charge in [-0.05, 0) is 70.0 Å². The number of H-pyrrole nitrogens is 1. The SMILES string of the molecule is Brc1c[nH]c2nccnc12.CC(C)(C)[O-].Cc1ccc(S(=O)(=O)Cl)cc1.Cc1ccc(S(=O)(=O)n2cc(Br)c3nccnc32)cc1.[K+]. The Morgan fingerprint density at radius 3 is 1.68 bits per heavy atom.